The Morgan fingerprint density at radius 3 is 2.55 bits per heavy atom. The third kappa shape index (κ3) is 6.06. The van der Waals surface area contributed by atoms with Gasteiger partial charge in [0, 0.05) is 6.61 Å². The van der Waals surface area contributed by atoms with Crippen molar-refractivity contribution >= 4 is 5.97 Å². The summed E-state index contributed by atoms with van der Waals surface area (Å²) in [7, 11) is 0. The van der Waals surface area contributed by atoms with Gasteiger partial charge in [0.2, 0.25) is 0 Å². The Morgan fingerprint density at radius 1 is 1.35 bits per heavy atom. The number of halogens is 3. The van der Waals surface area contributed by atoms with Crippen LogP contribution in [0.15, 0.2) is 24.3 Å². The van der Waals surface area contributed by atoms with Crippen LogP contribution < -0.4 is 0 Å². The first-order valence-corrected chi connectivity index (χ1v) is 6.21. The van der Waals surface area contributed by atoms with E-state index < -0.39 is 24.7 Å². The van der Waals surface area contributed by atoms with Crippen LogP contribution in [0.25, 0.3) is 0 Å². The van der Waals surface area contributed by atoms with Crippen LogP contribution in [0.2, 0.25) is 0 Å². The van der Waals surface area contributed by atoms with Gasteiger partial charge in [0.05, 0.1) is 5.92 Å². The van der Waals surface area contributed by atoms with Crippen LogP contribution in [-0.4, -0.2) is 30.5 Å². The maximum Gasteiger partial charge on any atom is 0.411 e. The molecule has 0 aliphatic carbocycles. The van der Waals surface area contributed by atoms with Gasteiger partial charge in [0.1, 0.15) is 6.61 Å². The van der Waals surface area contributed by atoms with Crippen LogP contribution in [0, 0.1) is 12.8 Å². The quantitative estimate of drug-likeness (QED) is 0.784. The minimum atomic E-state index is -4.38. The Morgan fingerprint density at radius 2 is 2.00 bits per heavy atom. The molecular formula is C14H17F3O3. The standard InChI is InChI=1S/C14H17F3O3/c1-10-4-2-3-5-11(10)8-12(13(18)19)6-7-20-9-14(15,16)17/h2-5,12H,6-9H2,1H3,(H,18,19). The average molecular weight is 290 g/mol. The molecule has 0 amide bonds. The van der Waals surface area contributed by atoms with Crippen LogP contribution in [0.5, 0.6) is 0 Å². The normalized spacial score (nSPS) is 13.2. The Bertz CT molecular complexity index is 444. The molecule has 0 aliphatic rings. The molecular weight excluding hydrogens is 273 g/mol. The number of hydrogen-bond donors (Lipinski definition) is 1. The zero-order valence-corrected chi connectivity index (χ0v) is 11.1. The number of ether oxygens (including phenoxy) is 1. The van der Waals surface area contributed by atoms with E-state index in [0.29, 0.717) is 0 Å². The van der Waals surface area contributed by atoms with Crippen molar-refractivity contribution in [2.24, 2.45) is 5.92 Å². The smallest absolute Gasteiger partial charge is 0.411 e. The first kappa shape index (κ1) is 16.5. The lowest BCUT2D eigenvalue weighted by molar-refractivity contribution is -0.175. The van der Waals surface area contributed by atoms with E-state index in [-0.39, 0.29) is 19.4 Å². The summed E-state index contributed by atoms with van der Waals surface area (Å²) in [6.45, 7) is 0.306. The fraction of sp³-hybridized carbons (Fsp3) is 0.500. The molecule has 0 saturated heterocycles. The first-order valence-electron chi connectivity index (χ1n) is 6.21. The van der Waals surface area contributed by atoms with Gasteiger partial charge >= 0.3 is 12.1 Å². The number of benzene rings is 1. The number of hydrogen-bond acceptors (Lipinski definition) is 2. The van der Waals surface area contributed by atoms with E-state index in [0.717, 1.165) is 11.1 Å². The molecule has 0 spiro atoms. The summed E-state index contributed by atoms with van der Waals surface area (Å²) in [6, 6.07) is 7.35. The zero-order valence-electron chi connectivity index (χ0n) is 11.1. The SMILES string of the molecule is Cc1ccccc1CC(CCOCC(F)(F)F)C(=O)O. The predicted octanol–water partition coefficient (Wildman–Crippen LogP) is 3.21. The molecule has 20 heavy (non-hydrogen) atoms. The van der Waals surface area contributed by atoms with E-state index in [1.807, 2.05) is 25.1 Å². The number of aryl methyl sites for hydroxylation is 1. The molecule has 1 N–H and O–H groups in total. The third-order valence-corrected chi connectivity index (χ3v) is 2.95. The molecule has 0 radical (unpaired) electrons. The Labute approximate surface area is 115 Å². The molecule has 0 aromatic heterocycles. The number of carboxylic acid groups (broad SMARTS) is 1. The summed E-state index contributed by atoms with van der Waals surface area (Å²) in [5, 5.41) is 9.11. The van der Waals surface area contributed by atoms with Crippen molar-refractivity contribution in [1.29, 1.82) is 0 Å². The van der Waals surface area contributed by atoms with E-state index in [4.69, 9.17) is 5.11 Å². The van der Waals surface area contributed by atoms with Gasteiger partial charge in [-0.2, -0.15) is 13.2 Å². The summed E-state index contributed by atoms with van der Waals surface area (Å²) >= 11 is 0. The highest BCUT2D eigenvalue weighted by atomic mass is 19.4. The van der Waals surface area contributed by atoms with Crippen molar-refractivity contribution in [2.75, 3.05) is 13.2 Å². The Kier molecular flexibility index (Phi) is 6.01. The second kappa shape index (κ2) is 7.28. The lowest BCUT2D eigenvalue weighted by Gasteiger charge is -2.14. The van der Waals surface area contributed by atoms with E-state index in [1.165, 1.54) is 0 Å². The van der Waals surface area contributed by atoms with Crippen molar-refractivity contribution < 1.29 is 27.8 Å². The second-order valence-electron chi connectivity index (χ2n) is 4.62. The van der Waals surface area contributed by atoms with Crippen LogP contribution in [0.4, 0.5) is 13.2 Å². The highest BCUT2D eigenvalue weighted by molar-refractivity contribution is 5.70. The van der Waals surface area contributed by atoms with Gasteiger partial charge in [-0.25, -0.2) is 0 Å². The molecule has 0 heterocycles. The number of carbonyl (C=O) groups is 1. The maximum absolute atomic E-state index is 11.9. The van der Waals surface area contributed by atoms with Gasteiger partial charge in [-0.1, -0.05) is 24.3 Å². The topological polar surface area (TPSA) is 46.5 Å². The fourth-order valence-electron chi connectivity index (χ4n) is 1.83. The van der Waals surface area contributed by atoms with Gasteiger partial charge in [0.25, 0.3) is 0 Å². The van der Waals surface area contributed by atoms with Crippen molar-refractivity contribution in [3.63, 3.8) is 0 Å². The van der Waals surface area contributed by atoms with Crippen molar-refractivity contribution in [3.05, 3.63) is 35.4 Å². The molecule has 1 rings (SSSR count). The van der Waals surface area contributed by atoms with E-state index >= 15 is 0 Å². The summed E-state index contributed by atoms with van der Waals surface area (Å²) in [6.07, 6.45) is -4.04. The van der Waals surface area contributed by atoms with Crippen LogP contribution in [0.1, 0.15) is 17.5 Å². The molecule has 6 heteroatoms. The average Bonchev–Trinajstić information content (AvgIpc) is 2.33. The highest BCUT2D eigenvalue weighted by Gasteiger charge is 2.27. The van der Waals surface area contributed by atoms with Gasteiger partial charge in [0.15, 0.2) is 0 Å². The van der Waals surface area contributed by atoms with Crippen LogP contribution in [-0.2, 0) is 16.0 Å². The lowest BCUT2D eigenvalue weighted by atomic mass is 9.94. The molecule has 1 atom stereocenters. The summed E-state index contributed by atoms with van der Waals surface area (Å²) < 4.78 is 40.1. The highest BCUT2D eigenvalue weighted by Crippen LogP contribution is 2.18. The Balaban J connectivity index is 2.50. The number of rotatable bonds is 7. The molecule has 1 aromatic rings. The summed E-state index contributed by atoms with van der Waals surface area (Å²) in [5.74, 6) is -1.77. The minimum absolute atomic E-state index is 0.0553. The van der Waals surface area contributed by atoms with Crippen LogP contribution >= 0.6 is 0 Å². The van der Waals surface area contributed by atoms with Gasteiger partial charge in [-0.15, -0.1) is 0 Å². The third-order valence-electron chi connectivity index (χ3n) is 2.95. The molecule has 0 aliphatic heterocycles. The van der Waals surface area contributed by atoms with Crippen molar-refractivity contribution in [1.82, 2.24) is 0 Å². The summed E-state index contributed by atoms with van der Waals surface area (Å²) in [5.41, 5.74) is 1.85. The summed E-state index contributed by atoms with van der Waals surface area (Å²) in [4.78, 5) is 11.1. The first-order chi connectivity index (χ1) is 9.29. The molecule has 1 aromatic carbocycles. The number of carboxylic acids is 1. The number of aliphatic carboxylic acids is 1. The fourth-order valence-corrected chi connectivity index (χ4v) is 1.83. The van der Waals surface area contributed by atoms with Gasteiger partial charge in [-0.05, 0) is 30.9 Å². The second-order valence-corrected chi connectivity index (χ2v) is 4.62. The maximum atomic E-state index is 11.9. The minimum Gasteiger partial charge on any atom is -0.481 e. The molecule has 0 bridgehead atoms. The largest absolute Gasteiger partial charge is 0.481 e. The van der Waals surface area contributed by atoms with Crippen LogP contribution in [0.3, 0.4) is 0 Å². The van der Waals surface area contributed by atoms with E-state index in [1.54, 1.807) is 6.07 Å². The van der Waals surface area contributed by atoms with Gasteiger partial charge < -0.3 is 9.84 Å². The Hall–Kier alpha value is -1.56. The molecule has 0 saturated carbocycles. The zero-order chi connectivity index (χ0) is 15.2. The molecule has 112 valence electrons. The van der Waals surface area contributed by atoms with Crippen molar-refractivity contribution in [2.45, 2.75) is 25.9 Å². The predicted molar refractivity (Wildman–Crippen MR) is 67.5 cm³/mol. The molecule has 1 unspecified atom stereocenters. The monoisotopic (exact) mass is 290 g/mol. The molecule has 0 fully saturated rings. The number of alkyl halides is 3. The lowest BCUT2D eigenvalue weighted by Crippen LogP contribution is -2.22. The molecule has 3 nitrogen and oxygen atoms in total. The van der Waals surface area contributed by atoms with E-state index in [9.17, 15) is 18.0 Å². The van der Waals surface area contributed by atoms with E-state index in [2.05, 4.69) is 4.74 Å². The van der Waals surface area contributed by atoms with Crippen molar-refractivity contribution in [3.8, 4) is 0 Å². The van der Waals surface area contributed by atoms with Gasteiger partial charge in [-0.3, -0.25) is 4.79 Å².